The van der Waals surface area contributed by atoms with Crippen LogP contribution in [0.15, 0.2) is 24.3 Å². The van der Waals surface area contributed by atoms with Gasteiger partial charge in [0.2, 0.25) is 0 Å². The summed E-state index contributed by atoms with van der Waals surface area (Å²) in [6.07, 6.45) is 0. The second-order valence-corrected chi connectivity index (χ2v) is 4.95. The summed E-state index contributed by atoms with van der Waals surface area (Å²) in [4.78, 5) is 0. The first-order valence-electron chi connectivity index (χ1n) is 5.48. The molecule has 1 unspecified atom stereocenters. The molecule has 0 aromatic heterocycles. The molecule has 90 valence electrons. The Morgan fingerprint density at radius 2 is 2.12 bits per heavy atom. The first-order chi connectivity index (χ1) is 7.13. The molecule has 2 rings (SSSR count). The van der Waals surface area contributed by atoms with Crippen LogP contribution < -0.4 is 10.1 Å². The zero-order valence-electron chi connectivity index (χ0n) is 10.1. The van der Waals surface area contributed by atoms with Crippen LogP contribution in [0.25, 0.3) is 0 Å². The summed E-state index contributed by atoms with van der Waals surface area (Å²) in [6, 6.07) is 8.42. The molecule has 1 saturated heterocycles. The molecule has 1 aromatic carbocycles. The van der Waals surface area contributed by atoms with Crippen molar-refractivity contribution in [3.05, 3.63) is 29.8 Å². The number of halogens is 1. The summed E-state index contributed by atoms with van der Waals surface area (Å²) < 4.78 is 5.26. The van der Waals surface area contributed by atoms with Crippen molar-refractivity contribution in [3.8, 4) is 5.75 Å². The number of hydrogen-bond acceptors (Lipinski definition) is 2. The highest BCUT2D eigenvalue weighted by Crippen LogP contribution is 2.39. The molecule has 1 N–H and O–H groups in total. The Morgan fingerprint density at radius 1 is 1.38 bits per heavy atom. The minimum absolute atomic E-state index is 0. The highest BCUT2D eigenvalue weighted by Gasteiger charge is 2.35. The van der Waals surface area contributed by atoms with E-state index in [1.165, 1.54) is 5.56 Å². The van der Waals surface area contributed by atoms with E-state index >= 15 is 0 Å². The highest BCUT2D eigenvalue weighted by atomic mass is 35.5. The first-order valence-corrected chi connectivity index (χ1v) is 5.48. The molecule has 1 fully saturated rings. The first kappa shape index (κ1) is 13.3. The third kappa shape index (κ3) is 2.50. The lowest BCUT2D eigenvalue weighted by Crippen LogP contribution is -2.20. The molecule has 1 aliphatic heterocycles. The summed E-state index contributed by atoms with van der Waals surface area (Å²) in [5.41, 5.74) is 1.72. The van der Waals surface area contributed by atoms with E-state index in [1.807, 2.05) is 6.07 Å². The predicted molar refractivity (Wildman–Crippen MR) is 69.6 cm³/mol. The van der Waals surface area contributed by atoms with Crippen molar-refractivity contribution in [1.82, 2.24) is 5.32 Å². The summed E-state index contributed by atoms with van der Waals surface area (Å²) in [5.74, 6) is 1.54. The molecular formula is C13H20ClNO. The van der Waals surface area contributed by atoms with Gasteiger partial charge in [-0.3, -0.25) is 0 Å². The van der Waals surface area contributed by atoms with Gasteiger partial charge in [0.25, 0.3) is 0 Å². The second kappa shape index (κ2) is 5.07. The number of methoxy groups -OCH3 is 1. The lowest BCUT2D eigenvalue weighted by molar-refractivity contribution is 0.361. The molecule has 1 atom stereocenters. The van der Waals surface area contributed by atoms with Gasteiger partial charge in [0.1, 0.15) is 5.75 Å². The van der Waals surface area contributed by atoms with Crippen LogP contribution in [0.1, 0.15) is 25.3 Å². The summed E-state index contributed by atoms with van der Waals surface area (Å²) in [5, 5.41) is 3.46. The number of nitrogens with one attached hydrogen (secondary N) is 1. The number of hydrogen-bond donors (Lipinski definition) is 1. The van der Waals surface area contributed by atoms with E-state index < -0.39 is 0 Å². The van der Waals surface area contributed by atoms with E-state index in [-0.39, 0.29) is 12.4 Å². The van der Waals surface area contributed by atoms with Crippen LogP contribution in [0.4, 0.5) is 0 Å². The quantitative estimate of drug-likeness (QED) is 0.860. The molecule has 0 radical (unpaired) electrons. The van der Waals surface area contributed by atoms with Gasteiger partial charge in [0, 0.05) is 19.0 Å². The lowest BCUT2D eigenvalue weighted by atomic mass is 9.78. The Morgan fingerprint density at radius 3 is 2.69 bits per heavy atom. The normalized spacial score (nSPS) is 22.6. The Hall–Kier alpha value is -0.730. The topological polar surface area (TPSA) is 21.3 Å². The van der Waals surface area contributed by atoms with Crippen LogP contribution >= 0.6 is 12.4 Å². The van der Waals surface area contributed by atoms with Crippen LogP contribution in [0.3, 0.4) is 0 Å². The molecule has 0 saturated carbocycles. The standard InChI is InChI=1S/C13H19NO.ClH/c1-13(2)9-14-8-12(13)10-5-4-6-11(7-10)15-3;/h4-7,12,14H,8-9H2,1-3H3;1H. The minimum atomic E-state index is 0. The zero-order chi connectivity index (χ0) is 10.9. The SMILES string of the molecule is COc1cccc(C2CNCC2(C)C)c1.Cl. The number of ether oxygens (including phenoxy) is 1. The van der Waals surface area contributed by atoms with Gasteiger partial charge in [-0.05, 0) is 23.1 Å². The number of rotatable bonds is 2. The Labute approximate surface area is 104 Å². The fraction of sp³-hybridized carbons (Fsp3) is 0.538. The van der Waals surface area contributed by atoms with Gasteiger partial charge >= 0.3 is 0 Å². The maximum Gasteiger partial charge on any atom is 0.119 e. The summed E-state index contributed by atoms with van der Waals surface area (Å²) in [6.45, 7) is 6.79. The smallest absolute Gasteiger partial charge is 0.119 e. The van der Waals surface area contributed by atoms with E-state index in [0.717, 1.165) is 18.8 Å². The molecule has 1 aliphatic rings. The predicted octanol–water partition coefficient (Wildman–Crippen LogP) is 2.83. The van der Waals surface area contributed by atoms with Crippen molar-refractivity contribution in [2.45, 2.75) is 19.8 Å². The molecule has 3 heteroatoms. The van der Waals surface area contributed by atoms with E-state index in [2.05, 4.69) is 37.4 Å². The van der Waals surface area contributed by atoms with Gasteiger partial charge in [0.05, 0.1) is 7.11 Å². The van der Waals surface area contributed by atoms with E-state index in [9.17, 15) is 0 Å². The average molecular weight is 242 g/mol. The van der Waals surface area contributed by atoms with E-state index in [0.29, 0.717) is 11.3 Å². The maximum absolute atomic E-state index is 5.26. The van der Waals surface area contributed by atoms with Gasteiger partial charge < -0.3 is 10.1 Å². The Bertz CT molecular complexity index is 352. The number of benzene rings is 1. The molecule has 2 nitrogen and oxygen atoms in total. The fourth-order valence-corrected chi connectivity index (χ4v) is 2.37. The lowest BCUT2D eigenvalue weighted by Gasteiger charge is -2.26. The second-order valence-electron chi connectivity index (χ2n) is 4.95. The van der Waals surface area contributed by atoms with Gasteiger partial charge in [-0.1, -0.05) is 26.0 Å². The third-order valence-corrected chi connectivity index (χ3v) is 3.37. The van der Waals surface area contributed by atoms with Gasteiger partial charge in [0.15, 0.2) is 0 Å². The van der Waals surface area contributed by atoms with Crippen molar-refractivity contribution < 1.29 is 4.74 Å². The van der Waals surface area contributed by atoms with Crippen molar-refractivity contribution in [2.75, 3.05) is 20.2 Å². The van der Waals surface area contributed by atoms with Gasteiger partial charge in [-0.2, -0.15) is 0 Å². The van der Waals surface area contributed by atoms with Crippen molar-refractivity contribution >= 4 is 12.4 Å². The zero-order valence-corrected chi connectivity index (χ0v) is 10.9. The average Bonchev–Trinajstić information content (AvgIpc) is 2.58. The Kier molecular flexibility index (Phi) is 4.22. The largest absolute Gasteiger partial charge is 0.497 e. The summed E-state index contributed by atoms with van der Waals surface area (Å²) >= 11 is 0. The van der Waals surface area contributed by atoms with Crippen molar-refractivity contribution in [3.63, 3.8) is 0 Å². The third-order valence-electron chi connectivity index (χ3n) is 3.37. The van der Waals surface area contributed by atoms with Crippen molar-refractivity contribution in [1.29, 1.82) is 0 Å². The van der Waals surface area contributed by atoms with Crippen LogP contribution in [0, 0.1) is 5.41 Å². The van der Waals surface area contributed by atoms with Gasteiger partial charge in [-0.15, -0.1) is 12.4 Å². The minimum Gasteiger partial charge on any atom is -0.497 e. The van der Waals surface area contributed by atoms with Crippen LogP contribution in [-0.2, 0) is 0 Å². The fourth-order valence-electron chi connectivity index (χ4n) is 2.37. The molecule has 0 bridgehead atoms. The van der Waals surface area contributed by atoms with E-state index in [4.69, 9.17) is 4.74 Å². The molecule has 0 spiro atoms. The van der Waals surface area contributed by atoms with Crippen LogP contribution in [-0.4, -0.2) is 20.2 Å². The molecule has 1 heterocycles. The molecule has 16 heavy (non-hydrogen) atoms. The van der Waals surface area contributed by atoms with Crippen LogP contribution in [0.5, 0.6) is 5.75 Å². The molecule has 0 amide bonds. The molecular weight excluding hydrogens is 222 g/mol. The van der Waals surface area contributed by atoms with Crippen molar-refractivity contribution in [2.24, 2.45) is 5.41 Å². The van der Waals surface area contributed by atoms with E-state index in [1.54, 1.807) is 7.11 Å². The molecule has 0 aliphatic carbocycles. The molecule has 1 aromatic rings. The monoisotopic (exact) mass is 241 g/mol. The van der Waals surface area contributed by atoms with Gasteiger partial charge in [-0.25, -0.2) is 0 Å². The highest BCUT2D eigenvalue weighted by molar-refractivity contribution is 5.85. The summed E-state index contributed by atoms with van der Waals surface area (Å²) in [7, 11) is 1.72. The Balaban J connectivity index is 0.00000128. The maximum atomic E-state index is 5.26. The van der Waals surface area contributed by atoms with Crippen LogP contribution in [0.2, 0.25) is 0 Å².